The Bertz CT molecular complexity index is 1260. The normalized spacial score (nSPS) is 10.5. The first-order valence-electron chi connectivity index (χ1n) is 9.77. The highest BCUT2D eigenvalue weighted by molar-refractivity contribution is 7.10. The van der Waals surface area contributed by atoms with Gasteiger partial charge in [-0.15, -0.1) is 22.7 Å². The third-order valence-electron chi connectivity index (χ3n) is 4.53. The molecule has 0 aliphatic rings. The van der Waals surface area contributed by atoms with E-state index in [4.69, 9.17) is 0 Å². The lowest BCUT2D eigenvalue weighted by Gasteiger charge is -2.10. The van der Waals surface area contributed by atoms with Crippen molar-refractivity contribution in [3.63, 3.8) is 0 Å². The molecule has 168 valence electrons. The van der Waals surface area contributed by atoms with Gasteiger partial charge < -0.3 is 26.2 Å². The molecule has 0 saturated heterocycles. The number of benzene rings is 1. The summed E-state index contributed by atoms with van der Waals surface area (Å²) < 4.78 is 0. The van der Waals surface area contributed by atoms with Crippen LogP contribution in [0.4, 0.5) is 10.5 Å². The first-order valence-corrected chi connectivity index (χ1v) is 11.6. The minimum Gasteiger partial charge on any atom is -0.501 e. The van der Waals surface area contributed by atoms with Crippen LogP contribution in [0, 0.1) is 0 Å². The predicted octanol–water partition coefficient (Wildman–Crippen LogP) is 3.93. The van der Waals surface area contributed by atoms with Gasteiger partial charge in [0.25, 0.3) is 11.8 Å². The van der Waals surface area contributed by atoms with Gasteiger partial charge in [-0.1, -0.05) is 36.4 Å². The summed E-state index contributed by atoms with van der Waals surface area (Å²) in [7, 11) is 0. The number of anilines is 1. The van der Waals surface area contributed by atoms with Crippen LogP contribution in [-0.2, 0) is 13.1 Å². The van der Waals surface area contributed by atoms with Crippen LogP contribution in [0.5, 0.6) is 11.6 Å². The minimum atomic E-state index is -0.732. The van der Waals surface area contributed by atoms with Gasteiger partial charge in [-0.3, -0.25) is 4.79 Å². The summed E-state index contributed by atoms with van der Waals surface area (Å²) >= 11 is 2.82. The van der Waals surface area contributed by atoms with Crippen molar-refractivity contribution in [2.45, 2.75) is 13.1 Å². The molecule has 5 N–H and O–H groups in total. The van der Waals surface area contributed by atoms with Crippen LogP contribution in [-0.4, -0.2) is 32.1 Å². The van der Waals surface area contributed by atoms with Crippen molar-refractivity contribution in [3.05, 3.63) is 74.7 Å². The number of amides is 3. The van der Waals surface area contributed by atoms with Crippen molar-refractivity contribution in [2.24, 2.45) is 0 Å². The van der Waals surface area contributed by atoms with Crippen molar-refractivity contribution >= 4 is 40.3 Å². The molecule has 0 bridgehead atoms. The van der Waals surface area contributed by atoms with Gasteiger partial charge in [-0.05, 0) is 17.0 Å². The van der Waals surface area contributed by atoms with E-state index >= 15 is 0 Å². The minimum absolute atomic E-state index is 0.00929. The molecule has 33 heavy (non-hydrogen) atoms. The number of nitrogens with zero attached hydrogens (tertiary/aromatic N) is 2. The van der Waals surface area contributed by atoms with Gasteiger partial charge in [0.15, 0.2) is 11.5 Å². The predicted molar refractivity (Wildman–Crippen MR) is 126 cm³/mol. The van der Waals surface area contributed by atoms with Gasteiger partial charge in [0.2, 0.25) is 5.75 Å². The lowest BCUT2D eigenvalue weighted by atomic mass is 10.2. The molecule has 0 unspecified atom stereocenters. The van der Waals surface area contributed by atoms with E-state index in [9.17, 15) is 19.8 Å². The highest BCUT2D eigenvalue weighted by atomic mass is 32.1. The molecule has 3 amide bonds. The van der Waals surface area contributed by atoms with Crippen LogP contribution in [0.2, 0.25) is 0 Å². The first kappa shape index (κ1) is 22.2. The zero-order valence-corrected chi connectivity index (χ0v) is 18.7. The standard InChI is InChI=1S/C22H19N5O4S2/c28-18-17(20(29)23-9-13-5-2-1-3-6-13)26-19(27-21(18)30)15-11-32-12-16(15)25-22(31)24-10-14-7-4-8-33-14/h1-8,11-12,28H,9-10H2,(H,23,29)(H2,24,25,31)(H,26,27,30). The average Bonchev–Trinajstić information content (AvgIpc) is 3.51. The molecule has 0 atom stereocenters. The van der Waals surface area contributed by atoms with Crippen LogP contribution >= 0.6 is 22.7 Å². The smallest absolute Gasteiger partial charge is 0.319 e. The second-order valence-electron chi connectivity index (χ2n) is 6.82. The molecule has 0 saturated carbocycles. The summed E-state index contributed by atoms with van der Waals surface area (Å²) in [5.74, 6) is -2.13. The fourth-order valence-electron chi connectivity index (χ4n) is 2.90. The van der Waals surface area contributed by atoms with E-state index in [2.05, 4.69) is 25.9 Å². The zero-order chi connectivity index (χ0) is 23.2. The number of aromatic nitrogens is 2. The van der Waals surface area contributed by atoms with E-state index in [1.165, 1.54) is 22.7 Å². The Hall–Kier alpha value is -3.96. The van der Waals surface area contributed by atoms with E-state index < -0.39 is 23.6 Å². The molecule has 4 aromatic rings. The number of nitrogens with one attached hydrogen (secondary N) is 3. The van der Waals surface area contributed by atoms with Crippen LogP contribution in [0.25, 0.3) is 11.4 Å². The molecule has 9 nitrogen and oxygen atoms in total. The fraction of sp³-hybridized carbons (Fsp3) is 0.0909. The highest BCUT2D eigenvalue weighted by Crippen LogP contribution is 2.34. The van der Waals surface area contributed by atoms with Gasteiger partial charge in [0, 0.05) is 22.2 Å². The van der Waals surface area contributed by atoms with Gasteiger partial charge in [-0.2, -0.15) is 4.98 Å². The Labute approximate surface area is 196 Å². The molecule has 0 spiro atoms. The van der Waals surface area contributed by atoms with E-state index in [0.29, 0.717) is 17.8 Å². The van der Waals surface area contributed by atoms with E-state index in [0.717, 1.165) is 10.4 Å². The highest BCUT2D eigenvalue weighted by Gasteiger charge is 2.22. The molecule has 0 aliphatic heterocycles. The zero-order valence-electron chi connectivity index (χ0n) is 17.1. The second-order valence-corrected chi connectivity index (χ2v) is 8.60. The molecule has 3 heterocycles. The van der Waals surface area contributed by atoms with Gasteiger partial charge in [0.05, 0.1) is 17.8 Å². The maximum atomic E-state index is 12.6. The summed E-state index contributed by atoms with van der Waals surface area (Å²) in [5.41, 5.74) is 1.30. The van der Waals surface area contributed by atoms with Crippen molar-refractivity contribution in [1.29, 1.82) is 0 Å². The Morgan fingerprint density at radius 2 is 1.76 bits per heavy atom. The van der Waals surface area contributed by atoms with Crippen LogP contribution in [0.1, 0.15) is 20.9 Å². The SMILES string of the molecule is O=C(NCc1cccs1)Nc1cscc1-c1nc(O)c(O)c(C(=O)NCc2ccccc2)n1. The molecular weight excluding hydrogens is 462 g/mol. The topological polar surface area (TPSA) is 136 Å². The largest absolute Gasteiger partial charge is 0.501 e. The maximum absolute atomic E-state index is 12.6. The summed E-state index contributed by atoms with van der Waals surface area (Å²) in [5, 5.41) is 33.7. The number of rotatable bonds is 7. The third kappa shape index (κ3) is 5.45. The number of thiophene rings is 2. The van der Waals surface area contributed by atoms with Crippen molar-refractivity contribution < 1.29 is 19.8 Å². The van der Waals surface area contributed by atoms with Gasteiger partial charge >= 0.3 is 6.03 Å². The number of carbonyl (C=O) groups is 2. The van der Waals surface area contributed by atoms with Crippen LogP contribution in [0.3, 0.4) is 0 Å². The average molecular weight is 482 g/mol. The lowest BCUT2D eigenvalue weighted by Crippen LogP contribution is -2.28. The number of aromatic hydroxyl groups is 2. The molecule has 11 heteroatoms. The molecule has 0 aliphatic carbocycles. The summed E-state index contributed by atoms with van der Waals surface area (Å²) in [6, 6.07) is 12.6. The quantitative estimate of drug-likeness (QED) is 0.271. The molecule has 4 rings (SSSR count). The van der Waals surface area contributed by atoms with Gasteiger partial charge in [-0.25, -0.2) is 9.78 Å². The van der Waals surface area contributed by atoms with Crippen molar-refractivity contribution in [3.8, 4) is 23.0 Å². The fourth-order valence-corrected chi connectivity index (χ4v) is 4.30. The Morgan fingerprint density at radius 3 is 2.52 bits per heavy atom. The summed E-state index contributed by atoms with van der Waals surface area (Å²) in [6.07, 6.45) is 0. The molecule has 3 aromatic heterocycles. The number of urea groups is 1. The summed E-state index contributed by atoms with van der Waals surface area (Å²) in [4.78, 5) is 34.0. The monoisotopic (exact) mass is 481 g/mol. The maximum Gasteiger partial charge on any atom is 0.319 e. The van der Waals surface area contributed by atoms with E-state index in [1.807, 2.05) is 47.8 Å². The molecule has 0 fully saturated rings. The number of hydrogen-bond donors (Lipinski definition) is 5. The van der Waals surface area contributed by atoms with Gasteiger partial charge in [0.1, 0.15) is 0 Å². The van der Waals surface area contributed by atoms with Crippen molar-refractivity contribution in [2.75, 3.05) is 5.32 Å². The second kappa shape index (κ2) is 10.1. The van der Waals surface area contributed by atoms with Crippen molar-refractivity contribution in [1.82, 2.24) is 20.6 Å². The van der Waals surface area contributed by atoms with Crippen LogP contribution < -0.4 is 16.0 Å². The third-order valence-corrected chi connectivity index (χ3v) is 6.15. The summed E-state index contributed by atoms with van der Waals surface area (Å²) in [6.45, 7) is 0.597. The Balaban J connectivity index is 1.50. The van der Waals surface area contributed by atoms with E-state index in [-0.39, 0.29) is 18.1 Å². The Kier molecular flexibility index (Phi) is 6.81. The molecule has 1 aromatic carbocycles. The number of carbonyl (C=O) groups excluding carboxylic acids is 2. The lowest BCUT2D eigenvalue weighted by molar-refractivity contribution is 0.0942. The first-order chi connectivity index (χ1) is 16.0. The molecule has 0 radical (unpaired) electrons. The Morgan fingerprint density at radius 1 is 0.939 bits per heavy atom. The number of hydrogen-bond acceptors (Lipinski definition) is 8. The van der Waals surface area contributed by atoms with Crippen LogP contribution in [0.15, 0.2) is 58.6 Å². The van der Waals surface area contributed by atoms with E-state index in [1.54, 1.807) is 10.8 Å². The molecular formula is C22H19N5O4S2.